The molecule has 2 aromatic heterocycles. The van der Waals surface area contributed by atoms with E-state index in [1.54, 1.807) is 20.0 Å². The molecule has 4 heterocycles. The number of amides is 1. The van der Waals surface area contributed by atoms with Crippen LogP contribution in [-0.4, -0.2) is 64.8 Å². The maximum atomic E-state index is 13.2. The summed E-state index contributed by atoms with van der Waals surface area (Å²) in [5, 5.41) is 3.79. The minimum atomic E-state index is -3.71. The van der Waals surface area contributed by atoms with Crippen molar-refractivity contribution in [3.05, 3.63) is 34.7 Å². The maximum Gasteiger partial charge on any atom is 0.257 e. The zero-order valence-corrected chi connectivity index (χ0v) is 19.1. The number of sulfonamides is 1. The summed E-state index contributed by atoms with van der Waals surface area (Å²) in [7, 11) is -3.71. The topological polar surface area (TPSA) is 110 Å². The Morgan fingerprint density at radius 2 is 1.81 bits per heavy atom. The van der Waals surface area contributed by atoms with Crippen molar-refractivity contribution in [3.8, 4) is 0 Å². The lowest BCUT2D eigenvalue weighted by Crippen LogP contribution is -2.40. The Hall–Kier alpha value is -2.33. The predicted molar refractivity (Wildman–Crippen MR) is 113 cm³/mol. The highest BCUT2D eigenvalue weighted by molar-refractivity contribution is 7.89. The summed E-state index contributed by atoms with van der Waals surface area (Å²) < 4.78 is 32.9. The molecule has 0 aromatic carbocycles. The van der Waals surface area contributed by atoms with E-state index in [-0.39, 0.29) is 16.7 Å². The van der Waals surface area contributed by atoms with Gasteiger partial charge in [0, 0.05) is 38.3 Å². The summed E-state index contributed by atoms with van der Waals surface area (Å²) in [4.78, 5) is 23.9. The molecule has 1 unspecified atom stereocenters. The molecule has 0 saturated carbocycles. The van der Waals surface area contributed by atoms with Crippen LogP contribution in [0.15, 0.2) is 15.6 Å². The Labute approximate surface area is 182 Å². The van der Waals surface area contributed by atoms with Crippen molar-refractivity contribution < 1.29 is 17.7 Å². The molecule has 0 spiro atoms. The zero-order chi connectivity index (χ0) is 22.2. The van der Waals surface area contributed by atoms with Gasteiger partial charge in [0.2, 0.25) is 10.0 Å². The Bertz CT molecular complexity index is 1060. The highest BCUT2D eigenvalue weighted by atomic mass is 32.2. The van der Waals surface area contributed by atoms with E-state index in [4.69, 9.17) is 4.52 Å². The molecule has 4 rings (SSSR count). The summed E-state index contributed by atoms with van der Waals surface area (Å²) in [6, 6.07) is 0. The van der Waals surface area contributed by atoms with Gasteiger partial charge in [0.1, 0.15) is 16.4 Å². The third-order valence-electron chi connectivity index (χ3n) is 6.19. The van der Waals surface area contributed by atoms with Crippen LogP contribution in [0.2, 0.25) is 0 Å². The molecule has 10 heteroatoms. The van der Waals surface area contributed by atoms with Crippen molar-refractivity contribution in [3.63, 3.8) is 0 Å². The van der Waals surface area contributed by atoms with Crippen LogP contribution in [0, 0.1) is 20.8 Å². The van der Waals surface area contributed by atoms with Gasteiger partial charge in [-0.2, -0.15) is 4.31 Å². The highest BCUT2D eigenvalue weighted by Crippen LogP contribution is 2.31. The van der Waals surface area contributed by atoms with Gasteiger partial charge < -0.3 is 9.42 Å². The first-order chi connectivity index (χ1) is 14.8. The number of aromatic nitrogens is 3. The van der Waals surface area contributed by atoms with Crippen LogP contribution in [0.3, 0.4) is 0 Å². The molecule has 168 valence electrons. The van der Waals surface area contributed by atoms with Gasteiger partial charge in [0.05, 0.1) is 11.3 Å². The number of likely N-dealkylation sites (tertiary alicyclic amines) is 1. The summed E-state index contributed by atoms with van der Waals surface area (Å²) in [5.74, 6) is 0.746. The number of hydrogen-bond acceptors (Lipinski definition) is 7. The normalized spacial score (nSPS) is 20.7. The molecular formula is C21H29N5O4S. The molecule has 2 saturated heterocycles. The van der Waals surface area contributed by atoms with Crippen molar-refractivity contribution in [1.82, 2.24) is 24.3 Å². The second-order valence-electron chi connectivity index (χ2n) is 8.44. The number of aryl methyl sites for hydroxylation is 3. The molecule has 2 aromatic rings. The summed E-state index contributed by atoms with van der Waals surface area (Å²) in [6.07, 6.45) is 6.34. The predicted octanol–water partition coefficient (Wildman–Crippen LogP) is 2.58. The van der Waals surface area contributed by atoms with Gasteiger partial charge in [-0.25, -0.2) is 18.4 Å². The standard InChI is InChI=1S/C21H29N5O4S/c1-14-18(21(27)25-9-5-4-6-10-25)12-22-20(23-14)17-8-7-11-26(13-17)31(28,29)19-15(2)24-30-16(19)3/h12,17H,4-11,13H2,1-3H3. The third kappa shape index (κ3) is 4.23. The molecule has 31 heavy (non-hydrogen) atoms. The molecule has 2 aliphatic heterocycles. The van der Waals surface area contributed by atoms with E-state index in [2.05, 4.69) is 15.1 Å². The van der Waals surface area contributed by atoms with E-state index in [1.807, 2.05) is 11.8 Å². The molecule has 1 amide bonds. The molecule has 2 aliphatic rings. The lowest BCUT2D eigenvalue weighted by molar-refractivity contribution is 0.0722. The number of piperidine rings is 2. The fourth-order valence-electron chi connectivity index (χ4n) is 4.50. The monoisotopic (exact) mass is 447 g/mol. The molecule has 1 atom stereocenters. The van der Waals surface area contributed by atoms with Crippen molar-refractivity contribution in [2.75, 3.05) is 26.2 Å². The lowest BCUT2D eigenvalue weighted by atomic mass is 9.98. The number of rotatable bonds is 4. The van der Waals surface area contributed by atoms with Gasteiger partial charge in [-0.15, -0.1) is 0 Å². The SMILES string of the molecule is Cc1nc(C2CCCN(S(=O)(=O)c3c(C)noc3C)C2)ncc1C(=O)N1CCCCC1. The minimum Gasteiger partial charge on any atom is -0.360 e. The van der Waals surface area contributed by atoms with E-state index in [1.165, 1.54) is 4.31 Å². The first-order valence-corrected chi connectivity index (χ1v) is 12.3. The molecule has 0 aliphatic carbocycles. The van der Waals surface area contributed by atoms with Crippen LogP contribution in [-0.2, 0) is 10.0 Å². The largest absolute Gasteiger partial charge is 0.360 e. The average molecular weight is 448 g/mol. The van der Waals surface area contributed by atoms with Gasteiger partial charge in [0.25, 0.3) is 5.91 Å². The highest BCUT2D eigenvalue weighted by Gasteiger charge is 2.36. The molecule has 0 bridgehead atoms. The van der Waals surface area contributed by atoms with Crippen molar-refractivity contribution in [2.24, 2.45) is 0 Å². The van der Waals surface area contributed by atoms with Crippen LogP contribution < -0.4 is 0 Å². The second-order valence-corrected chi connectivity index (χ2v) is 10.3. The quantitative estimate of drug-likeness (QED) is 0.708. The van der Waals surface area contributed by atoms with Crippen LogP contribution >= 0.6 is 0 Å². The van der Waals surface area contributed by atoms with E-state index in [0.29, 0.717) is 48.0 Å². The van der Waals surface area contributed by atoms with E-state index in [0.717, 1.165) is 38.8 Å². The number of carbonyl (C=O) groups is 1. The Kier molecular flexibility index (Phi) is 6.11. The van der Waals surface area contributed by atoms with Crippen LogP contribution in [0.5, 0.6) is 0 Å². The summed E-state index contributed by atoms with van der Waals surface area (Å²) >= 11 is 0. The Morgan fingerprint density at radius 3 is 2.45 bits per heavy atom. The average Bonchev–Trinajstić information content (AvgIpc) is 3.12. The minimum absolute atomic E-state index is 0.0185. The Morgan fingerprint density at radius 1 is 1.06 bits per heavy atom. The van der Waals surface area contributed by atoms with Crippen molar-refractivity contribution in [1.29, 1.82) is 0 Å². The van der Waals surface area contributed by atoms with Gasteiger partial charge in [-0.05, 0) is 52.9 Å². The first-order valence-electron chi connectivity index (χ1n) is 10.8. The zero-order valence-electron chi connectivity index (χ0n) is 18.3. The van der Waals surface area contributed by atoms with E-state index < -0.39 is 10.0 Å². The smallest absolute Gasteiger partial charge is 0.257 e. The summed E-state index contributed by atoms with van der Waals surface area (Å²) in [6.45, 7) is 7.35. The number of carbonyl (C=O) groups excluding carboxylic acids is 1. The van der Waals surface area contributed by atoms with Crippen LogP contribution in [0.1, 0.15) is 71.4 Å². The summed E-state index contributed by atoms with van der Waals surface area (Å²) in [5.41, 5.74) is 1.54. The number of nitrogens with zero attached hydrogens (tertiary/aromatic N) is 5. The number of hydrogen-bond donors (Lipinski definition) is 0. The molecule has 0 radical (unpaired) electrons. The third-order valence-corrected chi connectivity index (χ3v) is 8.30. The lowest BCUT2D eigenvalue weighted by Gasteiger charge is -2.31. The van der Waals surface area contributed by atoms with E-state index in [9.17, 15) is 13.2 Å². The van der Waals surface area contributed by atoms with Crippen molar-refractivity contribution in [2.45, 2.75) is 63.7 Å². The van der Waals surface area contributed by atoms with Crippen LogP contribution in [0.25, 0.3) is 0 Å². The van der Waals surface area contributed by atoms with Gasteiger partial charge in [-0.1, -0.05) is 5.16 Å². The molecule has 0 N–H and O–H groups in total. The first kappa shape index (κ1) is 21.9. The second kappa shape index (κ2) is 8.66. The molecule has 9 nitrogen and oxygen atoms in total. The van der Waals surface area contributed by atoms with Gasteiger partial charge in [-0.3, -0.25) is 4.79 Å². The molecule has 2 fully saturated rings. The van der Waals surface area contributed by atoms with Crippen molar-refractivity contribution >= 4 is 15.9 Å². The Balaban J connectivity index is 1.53. The van der Waals surface area contributed by atoms with Gasteiger partial charge >= 0.3 is 0 Å². The maximum absolute atomic E-state index is 13.2. The van der Waals surface area contributed by atoms with E-state index >= 15 is 0 Å². The fraction of sp³-hybridized carbons (Fsp3) is 0.619. The fourth-order valence-corrected chi connectivity index (χ4v) is 6.32. The van der Waals surface area contributed by atoms with Crippen LogP contribution in [0.4, 0.5) is 0 Å². The molecular weight excluding hydrogens is 418 g/mol. The van der Waals surface area contributed by atoms with Gasteiger partial charge in [0.15, 0.2) is 5.76 Å².